The summed E-state index contributed by atoms with van der Waals surface area (Å²) in [5, 5.41) is 10.5. The molecule has 4 N–H and O–H groups in total. The fourth-order valence-electron chi connectivity index (χ4n) is 3.86. The summed E-state index contributed by atoms with van der Waals surface area (Å²) >= 11 is 0. The first-order valence-corrected chi connectivity index (χ1v) is 13.1. The molecule has 0 aliphatic carbocycles. The highest BCUT2D eigenvalue weighted by molar-refractivity contribution is 7.90. The number of sulfone groups is 1. The second kappa shape index (κ2) is 10.5. The lowest BCUT2D eigenvalue weighted by Gasteiger charge is -2.24. The monoisotopic (exact) mass is 498 g/mol. The number of amides is 2. The third-order valence-electron chi connectivity index (χ3n) is 5.61. The van der Waals surface area contributed by atoms with Gasteiger partial charge in [-0.15, -0.1) is 0 Å². The number of nitrogen functional groups attached to an aromatic ring is 1. The Morgan fingerprint density at radius 2 is 1.56 bits per heavy atom. The maximum atomic E-state index is 13.5. The number of para-hydroxylation sites is 1. The highest BCUT2D eigenvalue weighted by Crippen LogP contribution is 2.30. The third kappa shape index (κ3) is 5.79. The number of amidine groups is 1. The van der Waals surface area contributed by atoms with Crippen LogP contribution in [-0.2, 0) is 16.4 Å². The van der Waals surface area contributed by atoms with Crippen molar-refractivity contribution in [3.05, 3.63) is 114 Å². The van der Waals surface area contributed by atoms with Crippen molar-refractivity contribution in [2.75, 3.05) is 16.5 Å². The lowest BCUT2D eigenvalue weighted by atomic mass is 10.1. The van der Waals surface area contributed by atoms with E-state index in [0.29, 0.717) is 22.5 Å². The molecule has 7 nitrogen and oxygen atoms in total. The summed E-state index contributed by atoms with van der Waals surface area (Å²) in [6.07, 6.45) is 1.15. The second-order valence-electron chi connectivity index (χ2n) is 8.32. The topological polar surface area (TPSA) is 116 Å². The summed E-state index contributed by atoms with van der Waals surface area (Å²) in [5.74, 6) is -0.0561. The Hall–Kier alpha value is -4.43. The number of carbonyl (C=O) groups is 1. The Kier molecular flexibility index (Phi) is 7.17. The minimum Gasteiger partial charge on any atom is -0.384 e. The Labute approximate surface area is 210 Å². The van der Waals surface area contributed by atoms with Crippen molar-refractivity contribution in [2.45, 2.75) is 11.4 Å². The van der Waals surface area contributed by atoms with Gasteiger partial charge in [-0.3, -0.25) is 10.3 Å². The average Bonchev–Trinajstić information content (AvgIpc) is 2.88. The van der Waals surface area contributed by atoms with Crippen molar-refractivity contribution in [1.29, 1.82) is 5.41 Å². The first-order chi connectivity index (χ1) is 17.2. The first-order valence-electron chi connectivity index (χ1n) is 11.2. The SMILES string of the molecule is CS(=O)(=O)c1cc(NC(=O)N(Cc2cccc(C(=N)N)c2)c2ccccc2)ccc1-c1ccccc1. The first kappa shape index (κ1) is 24.7. The minimum absolute atomic E-state index is 0.0561. The summed E-state index contributed by atoms with van der Waals surface area (Å²) in [4.78, 5) is 15.1. The molecule has 182 valence electrons. The molecule has 0 heterocycles. The molecule has 0 aromatic heterocycles. The van der Waals surface area contributed by atoms with Crippen molar-refractivity contribution >= 4 is 33.1 Å². The van der Waals surface area contributed by atoms with Crippen LogP contribution in [0.3, 0.4) is 0 Å². The van der Waals surface area contributed by atoms with Gasteiger partial charge in [-0.2, -0.15) is 0 Å². The number of hydrogen-bond donors (Lipinski definition) is 3. The van der Waals surface area contributed by atoms with Gasteiger partial charge in [-0.05, 0) is 41.5 Å². The molecular weight excluding hydrogens is 472 g/mol. The van der Waals surface area contributed by atoms with Gasteiger partial charge in [0, 0.05) is 28.8 Å². The van der Waals surface area contributed by atoms with Gasteiger partial charge < -0.3 is 11.1 Å². The van der Waals surface area contributed by atoms with E-state index in [-0.39, 0.29) is 17.3 Å². The van der Waals surface area contributed by atoms with Crippen molar-refractivity contribution in [1.82, 2.24) is 0 Å². The van der Waals surface area contributed by atoms with E-state index >= 15 is 0 Å². The Morgan fingerprint density at radius 1 is 0.889 bits per heavy atom. The second-order valence-corrected chi connectivity index (χ2v) is 10.3. The number of nitrogens with two attached hydrogens (primary N) is 1. The van der Waals surface area contributed by atoms with Crippen molar-refractivity contribution in [3.8, 4) is 11.1 Å². The molecule has 36 heavy (non-hydrogen) atoms. The van der Waals surface area contributed by atoms with Gasteiger partial charge in [-0.25, -0.2) is 13.2 Å². The standard InChI is InChI=1S/C28H26N4O3S/c1-36(34,35)26-18-23(15-16-25(26)21-10-4-2-5-11-21)31-28(33)32(24-13-6-3-7-14-24)19-20-9-8-12-22(17-20)27(29)30/h2-18H,19H2,1H3,(H3,29,30)(H,31,33). The number of urea groups is 1. The molecular formula is C28H26N4O3S. The fraction of sp³-hybridized carbons (Fsp3) is 0.0714. The molecule has 0 atom stereocenters. The third-order valence-corrected chi connectivity index (χ3v) is 6.75. The molecule has 2 amide bonds. The van der Waals surface area contributed by atoms with Gasteiger partial charge >= 0.3 is 6.03 Å². The summed E-state index contributed by atoms with van der Waals surface area (Å²) in [6.45, 7) is 0.220. The van der Waals surface area contributed by atoms with Crippen molar-refractivity contribution < 1.29 is 13.2 Å². The van der Waals surface area contributed by atoms with Crippen LogP contribution >= 0.6 is 0 Å². The zero-order valence-corrected chi connectivity index (χ0v) is 20.5. The lowest BCUT2D eigenvalue weighted by Crippen LogP contribution is -2.34. The maximum Gasteiger partial charge on any atom is 0.326 e. The molecule has 0 unspecified atom stereocenters. The molecule has 0 radical (unpaired) electrons. The highest BCUT2D eigenvalue weighted by atomic mass is 32.2. The van der Waals surface area contributed by atoms with Crippen LogP contribution in [0.15, 0.2) is 108 Å². The van der Waals surface area contributed by atoms with E-state index in [2.05, 4.69) is 5.32 Å². The maximum absolute atomic E-state index is 13.5. The summed E-state index contributed by atoms with van der Waals surface area (Å²) in [6, 6.07) is 30.0. The normalized spacial score (nSPS) is 11.0. The van der Waals surface area contributed by atoms with Gasteiger partial charge in [0.25, 0.3) is 0 Å². The van der Waals surface area contributed by atoms with Crippen LogP contribution in [0.1, 0.15) is 11.1 Å². The molecule has 8 heteroatoms. The van der Waals surface area contributed by atoms with Crippen LogP contribution < -0.4 is 16.0 Å². The molecule has 4 rings (SSSR count). The number of rotatable bonds is 7. The lowest BCUT2D eigenvalue weighted by molar-refractivity contribution is 0.256. The molecule has 0 aliphatic heterocycles. The number of carbonyl (C=O) groups excluding carboxylic acids is 1. The number of nitrogens with zero attached hydrogens (tertiary/aromatic N) is 1. The molecule has 0 aliphatic rings. The van der Waals surface area contributed by atoms with Gasteiger partial charge in [0.2, 0.25) is 0 Å². The summed E-state index contributed by atoms with van der Waals surface area (Å²) < 4.78 is 25.2. The van der Waals surface area contributed by atoms with Crippen molar-refractivity contribution in [2.24, 2.45) is 5.73 Å². The van der Waals surface area contributed by atoms with E-state index in [1.54, 1.807) is 35.2 Å². The number of benzene rings is 4. The van der Waals surface area contributed by atoms with Crippen molar-refractivity contribution in [3.63, 3.8) is 0 Å². The zero-order valence-electron chi connectivity index (χ0n) is 19.7. The van der Waals surface area contributed by atoms with E-state index in [9.17, 15) is 13.2 Å². The molecule has 4 aromatic carbocycles. The van der Waals surface area contributed by atoms with E-state index < -0.39 is 15.9 Å². The van der Waals surface area contributed by atoms with Crippen LogP contribution in [0.4, 0.5) is 16.2 Å². The van der Waals surface area contributed by atoms with Gasteiger partial charge in [0.15, 0.2) is 9.84 Å². The van der Waals surface area contributed by atoms with E-state index in [4.69, 9.17) is 11.1 Å². The van der Waals surface area contributed by atoms with E-state index in [1.807, 2.05) is 66.7 Å². The van der Waals surface area contributed by atoms with Gasteiger partial charge in [0.05, 0.1) is 11.4 Å². The van der Waals surface area contributed by atoms with Crippen LogP contribution in [0, 0.1) is 5.41 Å². The average molecular weight is 499 g/mol. The number of hydrogen-bond acceptors (Lipinski definition) is 4. The predicted octanol–water partition coefficient (Wildman–Crippen LogP) is 5.28. The largest absolute Gasteiger partial charge is 0.384 e. The predicted molar refractivity (Wildman–Crippen MR) is 144 cm³/mol. The highest BCUT2D eigenvalue weighted by Gasteiger charge is 2.20. The molecule has 0 bridgehead atoms. The summed E-state index contributed by atoms with van der Waals surface area (Å²) in [7, 11) is -3.57. The fourth-order valence-corrected chi connectivity index (χ4v) is 4.79. The zero-order chi connectivity index (χ0) is 25.7. The van der Waals surface area contributed by atoms with Crippen LogP contribution in [0.5, 0.6) is 0 Å². The van der Waals surface area contributed by atoms with Crippen LogP contribution in [0.2, 0.25) is 0 Å². The minimum atomic E-state index is -3.57. The van der Waals surface area contributed by atoms with Crippen LogP contribution in [0.25, 0.3) is 11.1 Å². The Bertz CT molecular complexity index is 1500. The molecule has 0 fully saturated rings. The molecule has 0 spiro atoms. The summed E-state index contributed by atoms with van der Waals surface area (Å²) in [5.41, 5.74) is 9.34. The number of nitrogens with one attached hydrogen (secondary N) is 2. The van der Waals surface area contributed by atoms with E-state index in [0.717, 1.165) is 17.4 Å². The van der Waals surface area contributed by atoms with Gasteiger partial charge in [-0.1, -0.05) is 72.8 Å². The quantitative estimate of drug-likeness (QED) is 0.237. The molecule has 4 aromatic rings. The number of anilines is 2. The van der Waals surface area contributed by atoms with E-state index in [1.165, 1.54) is 6.07 Å². The van der Waals surface area contributed by atoms with Crippen LogP contribution in [-0.4, -0.2) is 26.5 Å². The molecule has 0 saturated carbocycles. The van der Waals surface area contributed by atoms with Gasteiger partial charge in [0.1, 0.15) is 5.84 Å². The Morgan fingerprint density at radius 3 is 2.19 bits per heavy atom. The molecule has 0 saturated heterocycles. The smallest absolute Gasteiger partial charge is 0.326 e. The Balaban J connectivity index is 1.67.